The number of rotatable bonds is 4. The zero-order valence-electron chi connectivity index (χ0n) is 21.4. The SMILES string of the molecule is CC1(c2ccc3ccccc3c2)C=Cc2c(cc(CCC3CCCc4ccccc43)c3ccccc23)O1. The lowest BCUT2D eigenvalue weighted by Gasteiger charge is -2.33. The van der Waals surface area contributed by atoms with Gasteiger partial charge in [-0.15, -0.1) is 0 Å². The van der Waals surface area contributed by atoms with Crippen LogP contribution in [0.3, 0.4) is 0 Å². The molecule has 0 N–H and O–H groups in total. The summed E-state index contributed by atoms with van der Waals surface area (Å²) in [6.07, 6.45) is 10.6. The first kappa shape index (κ1) is 22.4. The van der Waals surface area contributed by atoms with Crippen LogP contribution in [0.25, 0.3) is 27.6 Å². The highest BCUT2D eigenvalue weighted by atomic mass is 16.5. The highest BCUT2D eigenvalue weighted by Crippen LogP contribution is 2.43. The molecule has 0 aromatic heterocycles. The summed E-state index contributed by atoms with van der Waals surface area (Å²) in [7, 11) is 0. The molecule has 0 saturated heterocycles. The summed E-state index contributed by atoms with van der Waals surface area (Å²) in [5.74, 6) is 1.64. The lowest BCUT2D eigenvalue weighted by molar-refractivity contribution is 0.138. The second-order valence-corrected chi connectivity index (χ2v) is 10.9. The van der Waals surface area contributed by atoms with Crippen LogP contribution in [0.2, 0.25) is 0 Å². The molecular formula is C36H32O. The van der Waals surface area contributed by atoms with Crippen molar-refractivity contribution in [2.45, 2.75) is 50.5 Å². The lowest BCUT2D eigenvalue weighted by atomic mass is 9.79. The summed E-state index contributed by atoms with van der Waals surface area (Å²) in [5, 5.41) is 5.15. The second-order valence-electron chi connectivity index (χ2n) is 10.9. The van der Waals surface area contributed by atoms with Crippen LogP contribution in [0, 0.1) is 0 Å². The number of hydrogen-bond acceptors (Lipinski definition) is 1. The Labute approximate surface area is 219 Å². The van der Waals surface area contributed by atoms with Crippen molar-refractivity contribution in [2.75, 3.05) is 0 Å². The van der Waals surface area contributed by atoms with E-state index in [1.807, 2.05) is 0 Å². The van der Waals surface area contributed by atoms with E-state index >= 15 is 0 Å². The Morgan fingerprint density at radius 2 is 1.59 bits per heavy atom. The van der Waals surface area contributed by atoms with Crippen LogP contribution in [0.4, 0.5) is 0 Å². The van der Waals surface area contributed by atoms with Crippen molar-refractivity contribution in [3.8, 4) is 5.75 Å². The van der Waals surface area contributed by atoms with Gasteiger partial charge in [-0.1, -0.05) is 91.0 Å². The van der Waals surface area contributed by atoms with Gasteiger partial charge in [-0.2, -0.15) is 0 Å². The molecule has 0 amide bonds. The van der Waals surface area contributed by atoms with E-state index < -0.39 is 5.60 Å². The summed E-state index contributed by atoms with van der Waals surface area (Å²) in [4.78, 5) is 0. The number of aryl methyl sites for hydroxylation is 2. The van der Waals surface area contributed by atoms with Gasteiger partial charge in [0.05, 0.1) is 0 Å². The first-order valence-corrected chi connectivity index (χ1v) is 13.7. The first-order chi connectivity index (χ1) is 18.2. The normalized spacial score (nSPS) is 20.4. The van der Waals surface area contributed by atoms with Crippen LogP contribution in [0.5, 0.6) is 5.75 Å². The van der Waals surface area contributed by atoms with Gasteiger partial charge in [0.1, 0.15) is 11.4 Å². The summed E-state index contributed by atoms with van der Waals surface area (Å²) in [6.45, 7) is 2.18. The summed E-state index contributed by atoms with van der Waals surface area (Å²) in [5.41, 5.74) is 6.39. The molecule has 7 rings (SSSR count). The Balaban J connectivity index is 1.25. The zero-order valence-corrected chi connectivity index (χ0v) is 21.4. The standard InChI is InChI=1S/C36H32O/c1-36(30-20-19-25-9-2-3-11-28(25)23-30)22-21-34-33-16-7-6-15-32(33)29(24-35(34)37-36)18-17-27-13-8-12-26-10-4-5-14-31(26)27/h2-7,9-11,14-16,19-24,27H,8,12-13,17-18H2,1H3. The molecule has 37 heavy (non-hydrogen) atoms. The van der Waals surface area contributed by atoms with Gasteiger partial charge in [0.2, 0.25) is 0 Å². The average Bonchev–Trinajstić information content (AvgIpc) is 2.95. The van der Waals surface area contributed by atoms with Gasteiger partial charge in [0, 0.05) is 5.56 Å². The molecule has 0 bridgehead atoms. The molecule has 0 fully saturated rings. The fraction of sp³-hybridized carbons (Fsp3) is 0.222. The highest BCUT2D eigenvalue weighted by molar-refractivity contribution is 5.96. The third kappa shape index (κ3) is 3.94. The average molecular weight is 481 g/mol. The van der Waals surface area contributed by atoms with Crippen molar-refractivity contribution in [1.29, 1.82) is 0 Å². The molecule has 182 valence electrons. The molecule has 0 spiro atoms. The number of ether oxygens (including phenoxy) is 1. The van der Waals surface area contributed by atoms with Crippen LogP contribution in [-0.4, -0.2) is 0 Å². The van der Waals surface area contributed by atoms with Gasteiger partial charge >= 0.3 is 0 Å². The van der Waals surface area contributed by atoms with E-state index in [1.54, 1.807) is 11.1 Å². The van der Waals surface area contributed by atoms with Crippen LogP contribution in [0.15, 0.2) is 103 Å². The van der Waals surface area contributed by atoms with Crippen molar-refractivity contribution < 1.29 is 4.74 Å². The van der Waals surface area contributed by atoms with Gasteiger partial charge in [-0.25, -0.2) is 0 Å². The third-order valence-electron chi connectivity index (χ3n) is 8.60. The van der Waals surface area contributed by atoms with E-state index in [4.69, 9.17) is 4.74 Å². The van der Waals surface area contributed by atoms with Gasteiger partial charge < -0.3 is 4.74 Å². The Bertz CT molecular complexity index is 1660. The molecule has 5 aromatic rings. The highest BCUT2D eigenvalue weighted by Gasteiger charge is 2.31. The Morgan fingerprint density at radius 1 is 0.811 bits per heavy atom. The minimum atomic E-state index is -0.501. The van der Waals surface area contributed by atoms with Crippen LogP contribution in [-0.2, 0) is 18.4 Å². The van der Waals surface area contributed by atoms with Crippen LogP contribution >= 0.6 is 0 Å². The predicted molar refractivity (Wildman–Crippen MR) is 155 cm³/mol. The van der Waals surface area contributed by atoms with Crippen molar-refractivity contribution in [1.82, 2.24) is 0 Å². The van der Waals surface area contributed by atoms with E-state index in [1.165, 1.54) is 63.9 Å². The summed E-state index contributed by atoms with van der Waals surface area (Å²) in [6, 6.07) is 35.5. The van der Waals surface area contributed by atoms with Gasteiger partial charge in [-0.3, -0.25) is 0 Å². The maximum Gasteiger partial charge on any atom is 0.150 e. The fourth-order valence-electron chi connectivity index (χ4n) is 6.55. The van der Waals surface area contributed by atoms with E-state index in [0.29, 0.717) is 5.92 Å². The molecule has 2 aliphatic rings. The number of hydrogen-bond donors (Lipinski definition) is 0. The molecule has 1 nitrogen and oxygen atoms in total. The second kappa shape index (κ2) is 8.92. The molecule has 0 saturated carbocycles. The maximum absolute atomic E-state index is 6.86. The molecule has 1 aliphatic carbocycles. The summed E-state index contributed by atoms with van der Waals surface area (Å²) < 4.78 is 6.86. The van der Waals surface area contributed by atoms with Crippen LogP contribution < -0.4 is 4.74 Å². The van der Waals surface area contributed by atoms with E-state index in [-0.39, 0.29) is 0 Å². The molecule has 1 heteroatoms. The Morgan fingerprint density at radius 3 is 2.51 bits per heavy atom. The van der Waals surface area contributed by atoms with E-state index in [9.17, 15) is 0 Å². The monoisotopic (exact) mass is 480 g/mol. The van der Waals surface area contributed by atoms with Crippen molar-refractivity contribution >= 4 is 27.6 Å². The zero-order chi connectivity index (χ0) is 24.8. The molecule has 5 aromatic carbocycles. The largest absolute Gasteiger partial charge is 0.478 e. The summed E-state index contributed by atoms with van der Waals surface area (Å²) >= 11 is 0. The fourth-order valence-corrected chi connectivity index (χ4v) is 6.55. The molecule has 0 radical (unpaired) electrons. The molecule has 2 unspecified atom stereocenters. The maximum atomic E-state index is 6.86. The quantitative estimate of drug-likeness (QED) is 0.249. The topological polar surface area (TPSA) is 9.23 Å². The van der Waals surface area contributed by atoms with Crippen molar-refractivity contribution in [3.63, 3.8) is 0 Å². The number of benzene rings is 5. The molecular weight excluding hydrogens is 448 g/mol. The Kier molecular flexibility index (Phi) is 5.39. The van der Waals surface area contributed by atoms with Gasteiger partial charge in [-0.05, 0) is 107 Å². The smallest absolute Gasteiger partial charge is 0.150 e. The van der Waals surface area contributed by atoms with E-state index in [2.05, 4.69) is 116 Å². The Hall–Kier alpha value is -3.84. The van der Waals surface area contributed by atoms with E-state index in [0.717, 1.165) is 12.2 Å². The lowest BCUT2D eigenvalue weighted by Crippen LogP contribution is -2.29. The van der Waals surface area contributed by atoms with Crippen molar-refractivity contribution in [2.24, 2.45) is 0 Å². The third-order valence-corrected chi connectivity index (χ3v) is 8.60. The number of fused-ring (bicyclic) bond motifs is 5. The molecule has 1 aliphatic heterocycles. The first-order valence-electron chi connectivity index (χ1n) is 13.7. The van der Waals surface area contributed by atoms with Gasteiger partial charge in [0.25, 0.3) is 0 Å². The van der Waals surface area contributed by atoms with Gasteiger partial charge in [0.15, 0.2) is 0 Å². The van der Waals surface area contributed by atoms with Crippen molar-refractivity contribution in [3.05, 3.63) is 131 Å². The minimum absolute atomic E-state index is 0.501. The minimum Gasteiger partial charge on any atom is -0.478 e. The van der Waals surface area contributed by atoms with Crippen LogP contribution in [0.1, 0.15) is 59.9 Å². The molecule has 1 heterocycles. The molecule has 2 atom stereocenters. The predicted octanol–water partition coefficient (Wildman–Crippen LogP) is 9.37.